The normalized spacial score (nSPS) is 12.3. The number of rotatable bonds is 5. The average molecular weight is 253 g/mol. The zero-order chi connectivity index (χ0) is 13.7. The summed E-state index contributed by atoms with van der Waals surface area (Å²) in [6, 6.07) is 1.07. The number of aromatic nitrogens is 1. The van der Waals surface area contributed by atoms with E-state index < -0.39 is 6.04 Å². The van der Waals surface area contributed by atoms with Crippen molar-refractivity contribution in [3.8, 4) is 0 Å². The molecule has 1 rings (SSSR count). The Kier molecular flexibility index (Phi) is 4.88. The third-order valence-electron chi connectivity index (χ3n) is 2.28. The molecule has 0 aliphatic heterocycles. The monoisotopic (exact) mass is 253 g/mol. The first-order valence-corrected chi connectivity index (χ1v) is 5.89. The van der Waals surface area contributed by atoms with Gasteiger partial charge >= 0.3 is 0 Å². The minimum Gasteiger partial charge on any atom is -0.360 e. The molecule has 0 fully saturated rings. The van der Waals surface area contributed by atoms with E-state index in [2.05, 4.69) is 15.8 Å². The second-order valence-corrected chi connectivity index (χ2v) is 4.69. The van der Waals surface area contributed by atoms with E-state index in [1.54, 1.807) is 13.0 Å². The fourth-order valence-corrected chi connectivity index (χ4v) is 1.59. The molecule has 0 aliphatic rings. The summed E-state index contributed by atoms with van der Waals surface area (Å²) >= 11 is 0. The van der Waals surface area contributed by atoms with Crippen molar-refractivity contribution in [2.75, 3.05) is 5.32 Å². The lowest BCUT2D eigenvalue weighted by Gasteiger charge is -2.18. The van der Waals surface area contributed by atoms with Crippen molar-refractivity contribution in [1.29, 1.82) is 0 Å². The minimum atomic E-state index is -0.556. The van der Waals surface area contributed by atoms with Crippen LogP contribution in [0.1, 0.15) is 33.0 Å². The van der Waals surface area contributed by atoms with Crippen LogP contribution in [0.2, 0.25) is 0 Å². The topological polar surface area (TPSA) is 84.2 Å². The molecule has 0 spiro atoms. The molecule has 0 radical (unpaired) electrons. The number of nitrogens with zero attached hydrogens (tertiary/aromatic N) is 1. The molecule has 18 heavy (non-hydrogen) atoms. The Morgan fingerprint density at radius 3 is 2.56 bits per heavy atom. The first-order valence-electron chi connectivity index (χ1n) is 5.89. The van der Waals surface area contributed by atoms with Crippen LogP contribution in [0.25, 0.3) is 0 Å². The molecule has 6 heteroatoms. The molecule has 100 valence electrons. The van der Waals surface area contributed by atoms with Crippen molar-refractivity contribution in [3.05, 3.63) is 11.8 Å². The maximum atomic E-state index is 12.0. The third kappa shape index (κ3) is 4.57. The van der Waals surface area contributed by atoms with Gasteiger partial charge < -0.3 is 15.2 Å². The SMILES string of the molecule is CC(=O)N[C@@H](CC(C)C)C(=O)Nc1cc(C)on1. The quantitative estimate of drug-likeness (QED) is 0.832. The molecule has 1 aromatic heterocycles. The molecule has 2 N–H and O–H groups in total. The van der Waals surface area contributed by atoms with Crippen molar-refractivity contribution in [3.63, 3.8) is 0 Å². The molecule has 1 heterocycles. The molecular formula is C12H19N3O3. The minimum absolute atomic E-state index is 0.230. The van der Waals surface area contributed by atoms with E-state index in [0.717, 1.165) is 0 Å². The number of carbonyl (C=O) groups excluding carboxylic acids is 2. The predicted molar refractivity (Wildman–Crippen MR) is 66.9 cm³/mol. The fraction of sp³-hybridized carbons (Fsp3) is 0.583. The van der Waals surface area contributed by atoms with Crippen LogP contribution in [0.4, 0.5) is 5.82 Å². The Labute approximate surface area is 106 Å². The fourth-order valence-electron chi connectivity index (χ4n) is 1.59. The van der Waals surface area contributed by atoms with Crippen LogP contribution in [0.15, 0.2) is 10.6 Å². The molecule has 0 saturated carbocycles. The van der Waals surface area contributed by atoms with Crippen LogP contribution in [0.3, 0.4) is 0 Å². The second kappa shape index (κ2) is 6.18. The Balaban J connectivity index is 2.66. The second-order valence-electron chi connectivity index (χ2n) is 4.69. The van der Waals surface area contributed by atoms with Crippen LogP contribution in [-0.4, -0.2) is 23.0 Å². The molecule has 6 nitrogen and oxygen atoms in total. The van der Waals surface area contributed by atoms with Crippen LogP contribution < -0.4 is 10.6 Å². The van der Waals surface area contributed by atoms with Gasteiger partial charge in [0, 0.05) is 13.0 Å². The Hall–Kier alpha value is -1.85. The first-order chi connectivity index (χ1) is 8.38. The molecule has 1 atom stereocenters. The van der Waals surface area contributed by atoms with Crippen molar-refractivity contribution in [2.24, 2.45) is 5.92 Å². The highest BCUT2D eigenvalue weighted by Gasteiger charge is 2.21. The molecule has 0 aliphatic carbocycles. The molecule has 0 bridgehead atoms. The van der Waals surface area contributed by atoms with Crippen molar-refractivity contribution in [1.82, 2.24) is 10.5 Å². The van der Waals surface area contributed by atoms with Gasteiger partial charge in [-0.1, -0.05) is 19.0 Å². The molecule has 0 saturated heterocycles. The Morgan fingerprint density at radius 1 is 1.44 bits per heavy atom. The number of carbonyl (C=O) groups is 2. The number of anilines is 1. The highest BCUT2D eigenvalue weighted by atomic mass is 16.5. The van der Waals surface area contributed by atoms with Gasteiger partial charge in [-0.25, -0.2) is 0 Å². The van der Waals surface area contributed by atoms with Gasteiger partial charge in [0.2, 0.25) is 11.8 Å². The standard InChI is InChI=1S/C12H19N3O3/c1-7(2)5-10(13-9(4)16)12(17)14-11-6-8(3)18-15-11/h6-7,10H,5H2,1-4H3,(H,13,16)(H,14,15,17)/t10-/m0/s1. The van der Waals surface area contributed by atoms with Crippen LogP contribution in [0, 0.1) is 12.8 Å². The smallest absolute Gasteiger partial charge is 0.248 e. The maximum Gasteiger partial charge on any atom is 0.248 e. The summed E-state index contributed by atoms with van der Waals surface area (Å²) in [5, 5.41) is 8.92. The predicted octanol–water partition coefficient (Wildman–Crippen LogP) is 1.47. The first kappa shape index (κ1) is 14.2. The summed E-state index contributed by atoms with van der Waals surface area (Å²) in [7, 11) is 0. The molecule has 2 amide bonds. The van der Waals surface area contributed by atoms with Crippen molar-refractivity contribution < 1.29 is 14.1 Å². The van der Waals surface area contributed by atoms with Gasteiger partial charge in [0.15, 0.2) is 5.82 Å². The van der Waals surface area contributed by atoms with E-state index >= 15 is 0 Å². The van der Waals surface area contributed by atoms with Gasteiger partial charge in [-0.05, 0) is 19.3 Å². The number of nitrogens with one attached hydrogen (secondary N) is 2. The number of amides is 2. The highest BCUT2D eigenvalue weighted by Crippen LogP contribution is 2.10. The van der Waals surface area contributed by atoms with E-state index in [-0.39, 0.29) is 11.8 Å². The summed E-state index contributed by atoms with van der Waals surface area (Å²) in [5.41, 5.74) is 0. The number of hydrogen-bond donors (Lipinski definition) is 2. The van der Waals surface area contributed by atoms with Gasteiger partial charge in [-0.15, -0.1) is 0 Å². The summed E-state index contributed by atoms with van der Waals surface area (Å²) in [6.07, 6.45) is 0.572. The van der Waals surface area contributed by atoms with Crippen molar-refractivity contribution >= 4 is 17.6 Å². The van der Waals surface area contributed by atoms with Gasteiger partial charge in [0.1, 0.15) is 11.8 Å². The Bertz CT molecular complexity index is 426. The molecule has 0 aromatic carbocycles. The van der Waals surface area contributed by atoms with Gasteiger partial charge in [0.25, 0.3) is 0 Å². The lowest BCUT2D eigenvalue weighted by Crippen LogP contribution is -2.43. The van der Waals surface area contributed by atoms with E-state index in [4.69, 9.17) is 4.52 Å². The number of aryl methyl sites for hydroxylation is 1. The Morgan fingerprint density at radius 2 is 2.11 bits per heavy atom. The zero-order valence-electron chi connectivity index (χ0n) is 11.1. The van der Waals surface area contributed by atoms with Gasteiger partial charge in [-0.3, -0.25) is 9.59 Å². The summed E-state index contributed by atoms with van der Waals surface area (Å²) in [4.78, 5) is 23.1. The van der Waals surface area contributed by atoms with Crippen LogP contribution in [-0.2, 0) is 9.59 Å². The lowest BCUT2D eigenvalue weighted by molar-refractivity contribution is -0.125. The van der Waals surface area contributed by atoms with Crippen LogP contribution >= 0.6 is 0 Å². The van der Waals surface area contributed by atoms with Crippen molar-refractivity contribution in [2.45, 2.75) is 40.2 Å². The average Bonchev–Trinajstić information content (AvgIpc) is 2.61. The molecular weight excluding hydrogens is 234 g/mol. The largest absolute Gasteiger partial charge is 0.360 e. The maximum absolute atomic E-state index is 12.0. The van der Waals surface area contributed by atoms with E-state index in [9.17, 15) is 9.59 Å². The highest BCUT2D eigenvalue weighted by molar-refractivity contribution is 5.96. The summed E-state index contributed by atoms with van der Waals surface area (Å²) in [6.45, 7) is 7.10. The molecule has 0 unspecified atom stereocenters. The zero-order valence-corrected chi connectivity index (χ0v) is 11.1. The van der Waals surface area contributed by atoms with Gasteiger partial charge in [-0.2, -0.15) is 0 Å². The van der Waals surface area contributed by atoms with E-state index in [0.29, 0.717) is 23.9 Å². The van der Waals surface area contributed by atoms with Gasteiger partial charge in [0.05, 0.1) is 0 Å². The van der Waals surface area contributed by atoms with E-state index in [1.807, 2.05) is 13.8 Å². The third-order valence-corrected chi connectivity index (χ3v) is 2.28. The summed E-state index contributed by atoms with van der Waals surface area (Å²) < 4.78 is 4.86. The van der Waals surface area contributed by atoms with Crippen LogP contribution in [0.5, 0.6) is 0 Å². The molecule has 1 aromatic rings. The van der Waals surface area contributed by atoms with E-state index in [1.165, 1.54) is 6.92 Å². The summed E-state index contributed by atoms with van der Waals surface area (Å²) in [5.74, 6) is 0.757. The lowest BCUT2D eigenvalue weighted by atomic mass is 10.0. The number of hydrogen-bond acceptors (Lipinski definition) is 4.